The van der Waals surface area contributed by atoms with Crippen molar-refractivity contribution in [1.29, 1.82) is 0 Å². The number of carbonyl (C=O) groups excluding carboxylic acids is 1. The Labute approximate surface area is 173 Å². The highest BCUT2D eigenvalue weighted by atomic mass is 16.2. The predicted molar refractivity (Wildman–Crippen MR) is 115 cm³/mol. The molecule has 0 N–H and O–H groups in total. The molecular weight excluding hydrogens is 378 g/mol. The van der Waals surface area contributed by atoms with Gasteiger partial charge in [0.05, 0.1) is 0 Å². The molecule has 1 aliphatic rings. The number of piperazine rings is 1. The predicted octanol–water partition coefficient (Wildman–Crippen LogP) is 2.34. The summed E-state index contributed by atoms with van der Waals surface area (Å²) in [5, 5.41) is 18.4. The van der Waals surface area contributed by atoms with E-state index >= 15 is 0 Å². The fourth-order valence-electron chi connectivity index (χ4n) is 3.75. The van der Waals surface area contributed by atoms with Crippen molar-refractivity contribution in [2.45, 2.75) is 6.92 Å². The average Bonchev–Trinajstić information content (AvgIpc) is 3.27. The average molecular weight is 399 g/mol. The van der Waals surface area contributed by atoms with Crippen LogP contribution in [0.1, 0.15) is 11.1 Å². The largest absolute Gasteiger partial charge is 0.351 e. The van der Waals surface area contributed by atoms with E-state index in [9.17, 15) is 4.79 Å². The minimum atomic E-state index is 0.0315. The van der Waals surface area contributed by atoms with Gasteiger partial charge in [-0.15, -0.1) is 14.8 Å². The van der Waals surface area contributed by atoms with E-state index in [1.54, 1.807) is 6.08 Å². The number of hydrogen-bond acceptors (Lipinski definition) is 6. The third-order valence-electron chi connectivity index (χ3n) is 5.44. The first kappa shape index (κ1) is 18.2. The zero-order valence-electron chi connectivity index (χ0n) is 16.6. The van der Waals surface area contributed by atoms with Gasteiger partial charge in [-0.25, -0.2) is 0 Å². The molecule has 8 heteroatoms. The standard InChI is InChI=1S/C22H21N7O/c1-16-6-8-17(9-7-16)10-11-20(30)27-12-14-28(15-13-27)22-19-5-3-2-4-18(19)21-23-25-26-29(21)24-22/h2-11H,12-15H2,1H3/b11-10+. The Bertz CT molecular complexity index is 1240. The summed E-state index contributed by atoms with van der Waals surface area (Å²) >= 11 is 0. The summed E-state index contributed by atoms with van der Waals surface area (Å²) in [5.74, 6) is 0.872. The Morgan fingerprint density at radius 2 is 1.70 bits per heavy atom. The van der Waals surface area contributed by atoms with E-state index in [1.807, 2.05) is 66.4 Å². The third kappa shape index (κ3) is 3.36. The maximum absolute atomic E-state index is 12.6. The lowest BCUT2D eigenvalue weighted by molar-refractivity contribution is -0.126. The molecule has 0 spiro atoms. The van der Waals surface area contributed by atoms with Crippen molar-refractivity contribution in [3.63, 3.8) is 0 Å². The van der Waals surface area contributed by atoms with Gasteiger partial charge < -0.3 is 9.80 Å². The second kappa shape index (κ2) is 7.55. The summed E-state index contributed by atoms with van der Waals surface area (Å²) < 4.78 is 1.47. The lowest BCUT2D eigenvalue weighted by atomic mass is 10.1. The number of hydrogen-bond donors (Lipinski definition) is 0. The number of rotatable bonds is 3. The van der Waals surface area contributed by atoms with E-state index in [0.29, 0.717) is 31.8 Å². The van der Waals surface area contributed by atoms with Crippen LogP contribution in [0.4, 0.5) is 5.82 Å². The molecule has 1 aliphatic heterocycles. The summed E-state index contributed by atoms with van der Waals surface area (Å²) in [6.07, 6.45) is 3.52. The molecule has 8 nitrogen and oxygen atoms in total. The zero-order valence-corrected chi connectivity index (χ0v) is 16.6. The molecule has 0 bridgehead atoms. The smallest absolute Gasteiger partial charge is 0.246 e. The summed E-state index contributed by atoms with van der Waals surface area (Å²) in [5.41, 5.74) is 2.87. The van der Waals surface area contributed by atoms with Gasteiger partial charge in [0.1, 0.15) is 0 Å². The van der Waals surface area contributed by atoms with Crippen LogP contribution in [-0.4, -0.2) is 62.2 Å². The van der Waals surface area contributed by atoms with Gasteiger partial charge in [-0.1, -0.05) is 54.1 Å². The molecule has 1 amide bonds. The van der Waals surface area contributed by atoms with Gasteiger partial charge in [0.2, 0.25) is 11.6 Å². The van der Waals surface area contributed by atoms with Crippen molar-refractivity contribution in [2.75, 3.05) is 31.1 Å². The highest BCUT2D eigenvalue weighted by Crippen LogP contribution is 2.27. The fraction of sp³-hybridized carbons (Fsp3) is 0.227. The van der Waals surface area contributed by atoms with Gasteiger partial charge in [0.15, 0.2) is 5.82 Å². The monoisotopic (exact) mass is 399 g/mol. The normalized spacial score (nSPS) is 14.8. The third-order valence-corrected chi connectivity index (χ3v) is 5.44. The van der Waals surface area contributed by atoms with E-state index in [-0.39, 0.29) is 5.91 Å². The van der Waals surface area contributed by atoms with Crippen LogP contribution in [0, 0.1) is 6.92 Å². The summed E-state index contributed by atoms with van der Waals surface area (Å²) in [4.78, 5) is 16.7. The van der Waals surface area contributed by atoms with Crippen LogP contribution in [0.25, 0.3) is 22.5 Å². The van der Waals surface area contributed by atoms with Crippen molar-refractivity contribution in [3.05, 3.63) is 65.7 Å². The highest BCUT2D eigenvalue weighted by Gasteiger charge is 2.23. The molecule has 2 aromatic carbocycles. The van der Waals surface area contributed by atoms with Crippen LogP contribution < -0.4 is 4.90 Å². The number of amides is 1. The van der Waals surface area contributed by atoms with Crippen LogP contribution in [0.3, 0.4) is 0 Å². The number of nitrogens with zero attached hydrogens (tertiary/aromatic N) is 7. The van der Waals surface area contributed by atoms with Crippen molar-refractivity contribution in [2.24, 2.45) is 0 Å². The van der Waals surface area contributed by atoms with Crippen LogP contribution in [-0.2, 0) is 4.79 Å². The number of tetrazole rings is 1. The minimum absolute atomic E-state index is 0.0315. The van der Waals surface area contributed by atoms with Gasteiger partial charge >= 0.3 is 0 Å². The van der Waals surface area contributed by atoms with Crippen LogP contribution in [0.2, 0.25) is 0 Å². The molecule has 1 saturated heterocycles. The minimum Gasteiger partial charge on any atom is -0.351 e. The lowest BCUT2D eigenvalue weighted by Gasteiger charge is -2.35. The Kier molecular flexibility index (Phi) is 4.59. The molecule has 2 aromatic heterocycles. The molecule has 3 heterocycles. The number of benzene rings is 2. The van der Waals surface area contributed by atoms with Crippen molar-refractivity contribution in [3.8, 4) is 0 Å². The molecule has 30 heavy (non-hydrogen) atoms. The van der Waals surface area contributed by atoms with Crippen LogP contribution in [0.5, 0.6) is 0 Å². The number of aryl methyl sites for hydroxylation is 1. The SMILES string of the molecule is Cc1ccc(/C=C/C(=O)N2CCN(c3nn4nnnc4c4ccccc34)CC2)cc1. The first-order valence-electron chi connectivity index (χ1n) is 9.95. The molecule has 5 rings (SSSR count). The van der Waals surface area contributed by atoms with E-state index in [1.165, 1.54) is 10.2 Å². The van der Waals surface area contributed by atoms with Gasteiger partial charge in [-0.3, -0.25) is 4.79 Å². The number of fused-ring (bicyclic) bond motifs is 3. The molecular formula is C22H21N7O. The first-order chi connectivity index (χ1) is 14.7. The van der Waals surface area contributed by atoms with E-state index < -0.39 is 0 Å². The van der Waals surface area contributed by atoms with Crippen molar-refractivity contribution in [1.82, 2.24) is 30.2 Å². The van der Waals surface area contributed by atoms with E-state index in [4.69, 9.17) is 0 Å². The second-order valence-corrected chi connectivity index (χ2v) is 7.42. The summed E-state index contributed by atoms with van der Waals surface area (Å²) in [7, 11) is 0. The van der Waals surface area contributed by atoms with E-state index in [0.717, 1.165) is 22.2 Å². The molecule has 150 valence electrons. The van der Waals surface area contributed by atoms with Gasteiger partial charge in [0, 0.05) is 43.0 Å². The topological polar surface area (TPSA) is 79.5 Å². The number of aromatic nitrogens is 5. The summed E-state index contributed by atoms with van der Waals surface area (Å²) in [6.45, 7) is 4.73. The first-order valence-corrected chi connectivity index (χ1v) is 9.95. The molecule has 0 aliphatic carbocycles. The Balaban J connectivity index is 1.32. The van der Waals surface area contributed by atoms with Crippen molar-refractivity contribution < 1.29 is 4.79 Å². The quantitative estimate of drug-likeness (QED) is 0.492. The molecule has 1 fully saturated rings. The second-order valence-electron chi connectivity index (χ2n) is 7.42. The van der Waals surface area contributed by atoms with Crippen molar-refractivity contribution >= 4 is 34.2 Å². The zero-order chi connectivity index (χ0) is 20.5. The lowest BCUT2D eigenvalue weighted by Crippen LogP contribution is -2.48. The van der Waals surface area contributed by atoms with Crippen LogP contribution >= 0.6 is 0 Å². The molecule has 0 radical (unpaired) electrons. The van der Waals surface area contributed by atoms with Gasteiger partial charge in [-0.05, 0) is 29.0 Å². The Hall–Kier alpha value is -3.81. The van der Waals surface area contributed by atoms with Gasteiger partial charge in [0.25, 0.3) is 0 Å². The maximum Gasteiger partial charge on any atom is 0.246 e. The molecule has 0 unspecified atom stereocenters. The van der Waals surface area contributed by atoms with Crippen LogP contribution in [0.15, 0.2) is 54.6 Å². The molecule has 4 aromatic rings. The molecule has 0 saturated carbocycles. The number of carbonyl (C=O) groups is 1. The Morgan fingerprint density at radius 1 is 0.967 bits per heavy atom. The fourth-order valence-corrected chi connectivity index (χ4v) is 3.75. The highest BCUT2D eigenvalue weighted by molar-refractivity contribution is 6.00. The maximum atomic E-state index is 12.6. The number of anilines is 1. The van der Waals surface area contributed by atoms with Gasteiger partial charge in [-0.2, -0.15) is 0 Å². The summed E-state index contributed by atoms with van der Waals surface area (Å²) in [6, 6.07) is 16.1. The van der Waals surface area contributed by atoms with E-state index in [2.05, 4.69) is 25.5 Å². The molecule has 0 atom stereocenters. The Morgan fingerprint density at radius 3 is 2.47 bits per heavy atom.